The van der Waals surface area contributed by atoms with Crippen LogP contribution in [0.4, 0.5) is 0 Å². The second-order valence-electron chi connectivity index (χ2n) is 9.12. The van der Waals surface area contributed by atoms with Gasteiger partial charge in [-0.05, 0) is 53.1 Å². The average molecular weight is 494 g/mol. The molecule has 6 nitrogen and oxygen atoms in total. The summed E-state index contributed by atoms with van der Waals surface area (Å²) in [7, 11) is 0. The number of ether oxygens (including phenoxy) is 2. The highest BCUT2D eigenvalue weighted by atomic mass is 16.7. The molecule has 0 aliphatic carbocycles. The van der Waals surface area contributed by atoms with Crippen LogP contribution >= 0.6 is 0 Å². The van der Waals surface area contributed by atoms with Crippen LogP contribution in [0.5, 0.6) is 11.5 Å². The van der Waals surface area contributed by atoms with E-state index in [-0.39, 0.29) is 6.79 Å². The number of aliphatic hydroxyl groups is 1. The normalized spacial score (nSPS) is 12.8. The minimum atomic E-state index is -1.41. The first kappa shape index (κ1) is 23.2. The summed E-state index contributed by atoms with van der Waals surface area (Å²) >= 11 is 0. The summed E-state index contributed by atoms with van der Waals surface area (Å²) in [5.74, 6) is 3.59. The Hall–Kier alpha value is -4.26. The molecule has 0 radical (unpaired) electrons. The number of benzene rings is 3. The minimum Gasteiger partial charge on any atom is -0.468 e. The third-order valence-electron chi connectivity index (χ3n) is 6.58. The Bertz CT molecular complexity index is 1400. The molecular formula is C31H27NO5. The lowest BCUT2D eigenvalue weighted by Gasteiger charge is -2.27. The van der Waals surface area contributed by atoms with E-state index in [0.717, 1.165) is 39.7 Å². The molecular weight excluding hydrogens is 466 g/mol. The highest BCUT2D eigenvalue weighted by Crippen LogP contribution is 2.38. The van der Waals surface area contributed by atoms with Gasteiger partial charge < -0.3 is 23.4 Å². The van der Waals surface area contributed by atoms with Crippen molar-refractivity contribution in [2.45, 2.75) is 25.2 Å². The van der Waals surface area contributed by atoms with E-state index in [0.29, 0.717) is 25.4 Å². The second-order valence-corrected chi connectivity index (χ2v) is 9.12. The molecule has 0 saturated carbocycles. The molecule has 5 aromatic rings. The summed E-state index contributed by atoms with van der Waals surface area (Å²) in [4.78, 5) is 2.23. The van der Waals surface area contributed by atoms with E-state index in [4.69, 9.17) is 18.3 Å². The first-order valence-corrected chi connectivity index (χ1v) is 12.2. The van der Waals surface area contributed by atoms with Crippen LogP contribution in [-0.4, -0.2) is 16.8 Å². The van der Waals surface area contributed by atoms with Crippen molar-refractivity contribution in [2.75, 3.05) is 6.79 Å². The summed E-state index contributed by atoms with van der Waals surface area (Å²) in [5.41, 5.74) is 1.17. The van der Waals surface area contributed by atoms with Crippen LogP contribution in [0, 0.1) is 0 Å². The number of hydrogen-bond donors (Lipinski definition) is 1. The van der Waals surface area contributed by atoms with Crippen molar-refractivity contribution < 1.29 is 23.4 Å². The first-order valence-electron chi connectivity index (χ1n) is 12.2. The Balaban J connectivity index is 1.30. The molecule has 0 spiro atoms. The Kier molecular flexibility index (Phi) is 6.26. The Labute approximate surface area is 215 Å². The van der Waals surface area contributed by atoms with Gasteiger partial charge in [0.15, 0.2) is 17.1 Å². The van der Waals surface area contributed by atoms with Crippen LogP contribution < -0.4 is 9.47 Å². The highest BCUT2D eigenvalue weighted by Gasteiger charge is 2.37. The third-order valence-corrected chi connectivity index (χ3v) is 6.58. The lowest BCUT2D eigenvalue weighted by Crippen LogP contribution is -2.28. The summed E-state index contributed by atoms with van der Waals surface area (Å²) in [6, 6.07) is 32.8. The van der Waals surface area contributed by atoms with Gasteiger partial charge >= 0.3 is 0 Å². The van der Waals surface area contributed by atoms with Gasteiger partial charge in [-0.3, -0.25) is 4.90 Å². The van der Waals surface area contributed by atoms with Crippen LogP contribution in [0.15, 0.2) is 118 Å². The fraction of sp³-hybridized carbons (Fsp3) is 0.161. The van der Waals surface area contributed by atoms with E-state index < -0.39 is 5.60 Å². The van der Waals surface area contributed by atoms with E-state index in [1.54, 1.807) is 6.26 Å². The van der Waals surface area contributed by atoms with E-state index in [9.17, 15) is 5.11 Å². The van der Waals surface area contributed by atoms with Gasteiger partial charge in [0.25, 0.3) is 0 Å². The van der Waals surface area contributed by atoms with Gasteiger partial charge in [0.2, 0.25) is 6.79 Å². The molecule has 1 aliphatic rings. The molecule has 3 heterocycles. The summed E-state index contributed by atoms with van der Waals surface area (Å²) in [6.45, 7) is 2.01. The topological polar surface area (TPSA) is 68.2 Å². The summed E-state index contributed by atoms with van der Waals surface area (Å²) in [6.07, 6.45) is 1.68. The van der Waals surface area contributed by atoms with Crippen LogP contribution in [0.2, 0.25) is 0 Å². The Morgan fingerprint density at radius 1 is 0.676 bits per heavy atom. The van der Waals surface area contributed by atoms with E-state index in [2.05, 4.69) is 4.90 Å². The molecule has 0 atom stereocenters. The van der Waals surface area contributed by atoms with Crippen LogP contribution in [0.3, 0.4) is 0 Å². The van der Waals surface area contributed by atoms with Gasteiger partial charge in [0.1, 0.15) is 17.3 Å². The lowest BCUT2D eigenvalue weighted by molar-refractivity contribution is 0.0947. The smallest absolute Gasteiger partial charge is 0.231 e. The maximum Gasteiger partial charge on any atom is 0.231 e. The zero-order chi connectivity index (χ0) is 25.1. The van der Waals surface area contributed by atoms with Gasteiger partial charge in [-0.1, -0.05) is 66.7 Å². The fourth-order valence-electron chi connectivity index (χ4n) is 4.78. The predicted octanol–water partition coefficient (Wildman–Crippen LogP) is 6.09. The quantitative estimate of drug-likeness (QED) is 0.268. The van der Waals surface area contributed by atoms with Crippen molar-refractivity contribution in [3.05, 3.63) is 143 Å². The molecule has 6 rings (SSSR count). The highest BCUT2D eigenvalue weighted by molar-refractivity contribution is 5.45. The van der Waals surface area contributed by atoms with E-state index >= 15 is 0 Å². The standard InChI is InChI=1S/C31H27NO5/c33-31(24-8-3-1-4-9-24,25-10-5-2-6-11-25)30-16-14-27(37-30)21-32(20-26-12-7-17-34-26)19-23-13-15-28-29(18-23)36-22-35-28/h1-18,33H,19-22H2. The summed E-state index contributed by atoms with van der Waals surface area (Å²) in [5, 5.41) is 12.1. The SMILES string of the molecule is OC(c1ccccc1)(c1ccccc1)c1ccc(CN(Cc2ccc3c(c2)OCO3)Cc2ccco2)o1. The van der Waals surface area contributed by atoms with Crippen LogP contribution in [0.25, 0.3) is 0 Å². The van der Waals surface area contributed by atoms with Gasteiger partial charge in [0, 0.05) is 6.54 Å². The van der Waals surface area contributed by atoms with Crippen LogP contribution in [-0.2, 0) is 25.2 Å². The maximum absolute atomic E-state index is 12.1. The Morgan fingerprint density at radius 2 is 1.38 bits per heavy atom. The van der Waals surface area contributed by atoms with Crippen molar-refractivity contribution in [3.8, 4) is 11.5 Å². The number of rotatable bonds is 9. The molecule has 186 valence electrons. The van der Waals surface area contributed by atoms with Gasteiger partial charge in [0.05, 0.1) is 19.4 Å². The molecule has 0 amide bonds. The van der Waals surface area contributed by atoms with Gasteiger partial charge in [-0.15, -0.1) is 0 Å². The van der Waals surface area contributed by atoms with E-state index in [1.807, 2.05) is 103 Å². The first-order chi connectivity index (χ1) is 18.2. The van der Waals surface area contributed by atoms with Crippen LogP contribution in [0.1, 0.15) is 34.0 Å². The third kappa shape index (κ3) is 4.77. The van der Waals surface area contributed by atoms with Gasteiger partial charge in [-0.25, -0.2) is 0 Å². The number of hydrogen-bond acceptors (Lipinski definition) is 6. The molecule has 3 aromatic carbocycles. The van der Waals surface area contributed by atoms with Crippen molar-refractivity contribution in [1.29, 1.82) is 0 Å². The van der Waals surface area contributed by atoms with Gasteiger partial charge in [-0.2, -0.15) is 0 Å². The molecule has 37 heavy (non-hydrogen) atoms. The molecule has 2 aromatic heterocycles. The van der Waals surface area contributed by atoms with Crippen molar-refractivity contribution >= 4 is 0 Å². The zero-order valence-corrected chi connectivity index (χ0v) is 20.2. The van der Waals surface area contributed by atoms with Crippen molar-refractivity contribution in [3.63, 3.8) is 0 Å². The lowest BCUT2D eigenvalue weighted by atomic mass is 9.84. The minimum absolute atomic E-state index is 0.246. The molecule has 1 aliphatic heterocycles. The molecule has 0 saturated heterocycles. The van der Waals surface area contributed by atoms with Crippen molar-refractivity contribution in [2.24, 2.45) is 0 Å². The number of nitrogens with zero attached hydrogens (tertiary/aromatic N) is 1. The number of fused-ring (bicyclic) bond motifs is 1. The fourth-order valence-corrected chi connectivity index (χ4v) is 4.78. The molecule has 0 fully saturated rings. The number of furan rings is 2. The zero-order valence-electron chi connectivity index (χ0n) is 20.2. The predicted molar refractivity (Wildman–Crippen MR) is 138 cm³/mol. The van der Waals surface area contributed by atoms with Crippen molar-refractivity contribution in [1.82, 2.24) is 4.90 Å². The monoisotopic (exact) mass is 493 g/mol. The molecule has 0 unspecified atom stereocenters. The largest absolute Gasteiger partial charge is 0.468 e. The molecule has 0 bridgehead atoms. The second kappa shape index (κ2) is 10.0. The average Bonchev–Trinajstić information content (AvgIpc) is 3.72. The van der Waals surface area contributed by atoms with E-state index in [1.165, 1.54) is 0 Å². The summed E-state index contributed by atoms with van der Waals surface area (Å²) < 4.78 is 23.0. The molecule has 1 N–H and O–H groups in total. The maximum atomic E-state index is 12.1. The molecule has 6 heteroatoms. The Morgan fingerprint density at radius 3 is 2.08 bits per heavy atom.